The van der Waals surface area contributed by atoms with Crippen molar-refractivity contribution in [2.24, 2.45) is 0 Å². The number of allylic oxidation sites excluding steroid dienone is 1. The van der Waals surface area contributed by atoms with Gasteiger partial charge in [-0.15, -0.1) is 16.6 Å². The number of anilines is 1. The molecule has 0 aromatic heterocycles. The molecule has 1 unspecified atom stereocenters. The maximum Gasteiger partial charge on any atom is 0.423 e. The number of hydrazine groups is 1. The van der Waals surface area contributed by atoms with Gasteiger partial charge in [0.2, 0.25) is 9.84 Å². The lowest BCUT2D eigenvalue weighted by atomic mass is 9.87. The van der Waals surface area contributed by atoms with Gasteiger partial charge in [0.15, 0.2) is 0 Å². The summed E-state index contributed by atoms with van der Waals surface area (Å²) in [6, 6.07) is 29.2. The average Bonchev–Trinajstić information content (AvgIpc) is 3.80. The summed E-state index contributed by atoms with van der Waals surface area (Å²) in [6.07, 6.45) is 5.90. The molecule has 3 aliphatic rings. The van der Waals surface area contributed by atoms with Crippen molar-refractivity contribution in [1.29, 1.82) is 0 Å². The summed E-state index contributed by atoms with van der Waals surface area (Å²) in [6.45, 7) is 4.51. The molecule has 7 rings (SSSR count). The van der Waals surface area contributed by atoms with Crippen molar-refractivity contribution in [3.05, 3.63) is 131 Å². The van der Waals surface area contributed by atoms with Crippen LogP contribution < -0.4 is 9.73 Å². The van der Waals surface area contributed by atoms with E-state index >= 15 is 8.78 Å². The third-order valence-electron chi connectivity index (χ3n) is 11.8. The fourth-order valence-electron chi connectivity index (χ4n) is 8.44. The van der Waals surface area contributed by atoms with Crippen molar-refractivity contribution in [2.45, 2.75) is 64.3 Å². The van der Waals surface area contributed by atoms with E-state index in [9.17, 15) is 21.6 Å². The molecule has 1 aliphatic carbocycles. The number of nitrogens with one attached hydrogen (secondary N) is 1. The number of halogens is 4. The SMILES string of the molecule is O=C(c1ccc(N2CCN(CC3=C(c4ccc(Cl)cc4)CCCC3)CC2)cc1)N(NS(=O)(=O)c1ccccc1)[C@H](CSc1ccccc1)C(CN1CCCC1)S(=O)(=O)C(F)(F)Cl. The molecule has 2 saturated heterocycles. The first-order chi connectivity index (χ1) is 29.7. The van der Waals surface area contributed by atoms with E-state index in [0.29, 0.717) is 23.0 Å². The summed E-state index contributed by atoms with van der Waals surface area (Å²) in [4.78, 5) is 24.0. The number of carbonyl (C=O) groups is 1. The van der Waals surface area contributed by atoms with Crippen LogP contribution in [0, 0.1) is 0 Å². The molecule has 2 fully saturated rings. The molecule has 0 saturated carbocycles. The van der Waals surface area contributed by atoms with Crippen molar-refractivity contribution >= 4 is 72.0 Å². The van der Waals surface area contributed by atoms with Crippen LogP contribution in [0.4, 0.5) is 14.5 Å². The second kappa shape index (κ2) is 20.5. The van der Waals surface area contributed by atoms with Crippen LogP contribution >= 0.6 is 35.0 Å². The van der Waals surface area contributed by atoms with Crippen molar-refractivity contribution in [1.82, 2.24) is 19.6 Å². The minimum absolute atomic E-state index is 0.0341. The molecule has 1 N–H and O–H groups in total. The molecule has 2 atom stereocenters. The maximum absolute atomic E-state index is 15.1. The van der Waals surface area contributed by atoms with Gasteiger partial charge in [-0.3, -0.25) is 14.7 Å². The number of rotatable bonds is 17. The Balaban J connectivity index is 1.16. The topological polar surface area (TPSA) is 110 Å². The molecule has 0 spiro atoms. The Labute approximate surface area is 378 Å². The number of thioether (sulfide) groups is 1. The van der Waals surface area contributed by atoms with Crippen LogP contribution in [0.5, 0.6) is 0 Å². The van der Waals surface area contributed by atoms with Crippen LogP contribution in [0.1, 0.15) is 54.4 Å². The number of sulfonamides is 1. The molecule has 2 heterocycles. The number of piperazine rings is 1. The molecule has 0 radical (unpaired) electrons. The van der Waals surface area contributed by atoms with Gasteiger partial charge in [0.25, 0.3) is 15.9 Å². The number of hydrogen-bond acceptors (Lipinski definition) is 9. The Morgan fingerprint density at radius 3 is 2.00 bits per heavy atom. The van der Waals surface area contributed by atoms with Gasteiger partial charge < -0.3 is 9.80 Å². The highest BCUT2D eigenvalue weighted by Gasteiger charge is 2.53. The summed E-state index contributed by atoms with van der Waals surface area (Å²) < 4.78 is 81.3. The van der Waals surface area contributed by atoms with Crippen molar-refractivity contribution in [3.8, 4) is 0 Å². The second-order valence-corrected chi connectivity index (χ2v) is 22.0. The molecule has 1 amide bonds. The van der Waals surface area contributed by atoms with Crippen LogP contribution in [0.2, 0.25) is 5.02 Å². The van der Waals surface area contributed by atoms with E-state index in [1.807, 2.05) is 12.1 Å². The third kappa shape index (κ3) is 11.4. The van der Waals surface area contributed by atoms with Crippen LogP contribution in [-0.4, -0.2) is 112 Å². The van der Waals surface area contributed by atoms with Crippen molar-refractivity contribution in [2.75, 3.05) is 63.0 Å². The summed E-state index contributed by atoms with van der Waals surface area (Å²) in [5.41, 5.74) is 4.99. The second-order valence-electron chi connectivity index (χ2n) is 15.9. The maximum atomic E-state index is 15.1. The van der Waals surface area contributed by atoms with Gasteiger partial charge in [-0.1, -0.05) is 65.7 Å². The molecule has 4 aromatic rings. The zero-order valence-corrected chi connectivity index (χ0v) is 38.2. The predicted octanol–water partition coefficient (Wildman–Crippen LogP) is 8.65. The Morgan fingerprint density at radius 1 is 0.758 bits per heavy atom. The Kier molecular flexibility index (Phi) is 15.4. The van der Waals surface area contributed by atoms with E-state index in [1.54, 1.807) is 65.6 Å². The fraction of sp³-hybridized carbons (Fsp3) is 0.400. The third-order valence-corrected chi connectivity index (χ3v) is 17.1. The average molecular weight is 947 g/mol. The zero-order valence-electron chi connectivity index (χ0n) is 34.2. The van der Waals surface area contributed by atoms with Crippen LogP contribution in [0.25, 0.3) is 5.57 Å². The molecule has 4 aromatic carbocycles. The van der Waals surface area contributed by atoms with Gasteiger partial charge in [0, 0.05) is 66.2 Å². The van der Waals surface area contributed by atoms with Gasteiger partial charge in [0.1, 0.15) is 5.25 Å². The molecule has 2 aliphatic heterocycles. The lowest BCUT2D eigenvalue weighted by molar-refractivity contribution is 0.0626. The van der Waals surface area contributed by atoms with Gasteiger partial charge in [0.05, 0.1) is 10.9 Å². The minimum Gasteiger partial charge on any atom is -0.369 e. The molecule has 332 valence electrons. The first-order valence-corrected chi connectivity index (χ1v) is 25.6. The monoisotopic (exact) mass is 945 g/mol. The summed E-state index contributed by atoms with van der Waals surface area (Å²) >= 11 is 12.7. The smallest absolute Gasteiger partial charge is 0.369 e. The lowest BCUT2D eigenvalue weighted by Gasteiger charge is -2.38. The van der Waals surface area contributed by atoms with Gasteiger partial charge in [-0.25, -0.2) is 16.8 Å². The van der Waals surface area contributed by atoms with Crippen LogP contribution in [0.3, 0.4) is 0 Å². The van der Waals surface area contributed by atoms with E-state index in [-0.39, 0.29) is 16.2 Å². The van der Waals surface area contributed by atoms with Crippen molar-refractivity contribution < 1.29 is 30.4 Å². The van der Waals surface area contributed by atoms with Gasteiger partial charge >= 0.3 is 4.71 Å². The predicted molar refractivity (Wildman–Crippen MR) is 245 cm³/mol. The molecular formula is C45H51Cl2F2N5O5S3. The number of benzene rings is 4. The summed E-state index contributed by atoms with van der Waals surface area (Å²) in [7, 11) is -10.1. The highest BCUT2D eigenvalue weighted by atomic mass is 35.5. The number of sulfone groups is 1. The molecular weight excluding hydrogens is 896 g/mol. The standard InChI is InChI=1S/C45H51Cl2F2N5O5S3/c46-37-21-17-34(18-22-37)41-16-8-7-11-36(41)31-52-27-29-53(30-28-52)38-23-19-35(20-24-38)44(55)54(50-62(58,59)40-14-5-2-6-15-40)42(33-60-39-12-3-1-4-13-39)43(32-51-25-9-10-26-51)61(56,57)45(47,48)49/h1-6,12-15,17-24,42-43,50H,7-11,16,25-33H2/t42-,43?/m1/s1. The first-order valence-electron chi connectivity index (χ1n) is 20.9. The van der Waals surface area contributed by atoms with E-state index in [4.69, 9.17) is 23.2 Å². The number of carbonyl (C=O) groups excluding carboxylic acids is 1. The van der Waals surface area contributed by atoms with Gasteiger partial charge in [-0.2, -0.15) is 8.78 Å². The minimum atomic E-state index is -5.53. The van der Waals surface area contributed by atoms with Crippen molar-refractivity contribution in [3.63, 3.8) is 0 Å². The molecule has 17 heteroatoms. The quantitative estimate of drug-likeness (QED) is 0.0632. The number of alkyl halides is 3. The molecule has 10 nitrogen and oxygen atoms in total. The zero-order chi connectivity index (χ0) is 43.9. The highest BCUT2D eigenvalue weighted by Crippen LogP contribution is 2.37. The first kappa shape index (κ1) is 46.5. The van der Waals surface area contributed by atoms with Crippen LogP contribution in [-0.2, 0) is 19.9 Å². The van der Waals surface area contributed by atoms with Crippen LogP contribution in [0.15, 0.2) is 125 Å². The molecule has 0 bridgehead atoms. The lowest BCUT2D eigenvalue weighted by Crippen LogP contribution is -2.61. The number of nitrogens with zero attached hydrogens (tertiary/aromatic N) is 4. The normalized spacial score (nSPS) is 18.2. The number of likely N-dealkylation sites (tertiary alicyclic amines) is 1. The fourth-order valence-corrected chi connectivity index (χ4v) is 12.6. The number of amides is 1. The molecule has 62 heavy (non-hydrogen) atoms. The Hall–Kier alpha value is -3.54. The highest BCUT2D eigenvalue weighted by molar-refractivity contribution is 7.99. The Morgan fingerprint density at radius 2 is 1.37 bits per heavy atom. The summed E-state index contributed by atoms with van der Waals surface area (Å²) in [5.74, 6) is -1.17. The van der Waals surface area contributed by atoms with Gasteiger partial charge in [-0.05, 0) is 135 Å². The van der Waals surface area contributed by atoms with E-state index in [2.05, 4.69) is 26.8 Å². The van der Waals surface area contributed by atoms with E-state index in [0.717, 1.165) is 80.9 Å². The largest absolute Gasteiger partial charge is 0.423 e. The van der Waals surface area contributed by atoms with E-state index in [1.165, 1.54) is 53.8 Å². The van der Waals surface area contributed by atoms with E-state index < -0.39 is 48.3 Å². The summed E-state index contributed by atoms with van der Waals surface area (Å²) in [5, 5.41) is -0.557. The Bertz CT molecular complexity index is 2380. The number of hydrogen-bond donors (Lipinski definition) is 1.